The van der Waals surface area contributed by atoms with Gasteiger partial charge >= 0.3 is 5.69 Å². The minimum Gasteiger partial charge on any atom is -0.394 e. The Labute approximate surface area is 317 Å². The van der Waals surface area contributed by atoms with Crippen LogP contribution in [0.25, 0.3) is 0 Å². The monoisotopic (exact) mass is 790 g/mol. The first-order valence-electron chi connectivity index (χ1n) is 19.1. The molecule has 0 bridgehead atoms. The van der Waals surface area contributed by atoms with E-state index in [-0.39, 0.29) is 12.8 Å². The van der Waals surface area contributed by atoms with Gasteiger partial charge in [-0.1, -0.05) is 52.4 Å². The summed E-state index contributed by atoms with van der Waals surface area (Å²) in [5.74, 6) is -1.02. The number of amides is 2. The molecule has 3 aliphatic heterocycles. The Morgan fingerprint density at radius 2 is 1.29 bits per heavy atom. The molecule has 1 aromatic rings. The molecule has 20 nitrogen and oxygen atoms in total. The molecular weight excluding hydrogens is 732 g/mol. The summed E-state index contributed by atoms with van der Waals surface area (Å²) in [5.41, 5.74) is -1.67. The third-order valence-electron chi connectivity index (χ3n) is 10.3. The molecule has 0 aromatic carbocycles. The van der Waals surface area contributed by atoms with Gasteiger partial charge in [0.1, 0.15) is 60.9 Å². The van der Waals surface area contributed by atoms with Crippen LogP contribution >= 0.6 is 0 Å². The van der Waals surface area contributed by atoms with Crippen molar-refractivity contribution in [1.82, 2.24) is 20.2 Å². The van der Waals surface area contributed by atoms with Crippen molar-refractivity contribution in [3.63, 3.8) is 0 Å². The van der Waals surface area contributed by atoms with Crippen LogP contribution in [-0.4, -0.2) is 155 Å². The molecule has 4 rings (SSSR count). The normalized spacial score (nSPS) is 35.7. The number of ether oxygens (including phenoxy) is 4. The molecule has 0 radical (unpaired) electrons. The first-order chi connectivity index (χ1) is 26.2. The van der Waals surface area contributed by atoms with Gasteiger partial charge in [-0.25, -0.2) is 4.79 Å². The number of aliphatic hydroxyl groups excluding tert-OH is 8. The van der Waals surface area contributed by atoms with Gasteiger partial charge in [0, 0.05) is 31.5 Å². The molecule has 3 aliphatic rings. The fourth-order valence-corrected chi connectivity index (χ4v) is 7.05. The van der Waals surface area contributed by atoms with E-state index in [1.165, 1.54) is 0 Å². The molecule has 10 unspecified atom stereocenters. The number of aliphatic hydroxyl groups is 8. The van der Waals surface area contributed by atoms with Crippen molar-refractivity contribution in [2.45, 2.75) is 176 Å². The van der Waals surface area contributed by atoms with Crippen LogP contribution in [0.4, 0.5) is 0 Å². The number of carbonyl (C=O) groups is 2. The number of H-pyrrole nitrogens is 1. The summed E-state index contributed by atoms with van der Waals surface area (Å²) in [4.78, 5) is 51.8. The zero-order valence-corrected chi connectivity index (χ0v) is 31.1. The van der Waals surface area contributed by atoms with Crippen molar-refractivity contribution in [2.24, 2.45) is 0 Å². The first kappa shape index (κ1) is 44.8. The highest BCUT2D eigenvalue weighted by molar-refractivity contribution is 5.76. The average Bonchev–Trinajstić information content (AvgIpc) is 3.44. The summed E-state index contributed by atoms with van der Waals surface area (Å²) in [5, 5.41) is 92.1. The van der Waals surface area contributed by atoms with Crippen LogP contribution in [0.3, 0.4) is 0 Å². The lowest BCUT2D eigenvalue weighted by Gasteiger charge is -2.47. The molecule has 11 N–H and O–H groups in total. The van der Waals surface area contributed by atoms with Crippen molar-refractivity contribution in [1.29, 1.82) is 0 Å². The number of nitrogens with one attached hydrogen (secondary N) is 3. The number of aromatic amines is 1. The predicted octanol–water partition coefficient (Wildman–Crippen LogP) is -3.28. The van der Waals surface area contributed by atoms with E-state index in [2.05, 4.69) is 10.6 Å². The summed E-state index contributed by atoms with van der Waals surface area (Å²) in [7, 11) is 0. The van der Waals surface area contributed by atoms with Crippen molar-refractivity contribution in [3.8, 4) is 0 Å². The number of aromatic nitrogens is 2. The van der Waals surface area contributed by atoms with Gasteiger partial charge in [0.05, 0.1) is 18.8 Å². The van der Waals surface area contributed by atoms with Crippen molar-refractivity contribution < 1.29 is 69.4 Å². The van der Waals surface area contributed by atoms with Gasteiger partial charge in [-0.3, -0.25) is 23.9 Å². The number of carbonyl (C=O) groups excluding carboxylic acids is 2. The number of hydrogen-bond donors (Lipinski definition) is 11. The summed E-state index contributed by atoms with van der Waals surface area (Å²) in [6.07, 6.45) is -14.8. The number of rotatable bonds is 19. The number of hydrogen-bond acceptors (Lipinski definition) is 16. The van der Waals surface area contributed by atoms with Crippen molar-refractivity contribution in [3.05, 3.63) is 33.1 Å². The van der Waals surface area contributed by atoms with Gasteiger partial charge in [0.2, 0.25) is 11.8 Å². The largest absolute Gasteiger partial charge is 0.394 e. The third kappa shape index (κ3) is 11.4. The van der Waals surface area contributed by atoms with Crippen LogP contribution in [0.15, 0.2) is 21.9 Å². The van der Waals surface area contributed by atoms with E-state index >= 15 is 0 Å². The maximum Gasteiger partial charge on any atom is 0.330 e. The molecule has 55 heavy (non-hydrogen) atoms. The van der Waals surface area contributed by atoms with E-state index in [4.69, 9.17) is 18.9 Å². The zero-order valence-electron chi connectivity index (χ0n) is 31.1. The molecule has 1 aromatic heterocycles. The second kappa shape index (κ2) is 21.1. The molecular formula is C35H58N4O16. The quantitative estimate of drug-likeness (QED) is 0.0612. The number of unbranched alkanes of at least 4 members (excludes halogenated alkanes) is 6. The highest BCUT2D eigenvalue weighted by atomic mass is 16.8. The van der Waals surface area contributed by atoms with E-state index in [9.17, 15) is 60.0 Å². The van der Waals surface area contributed by atoms with Crippen LogP contribution in [0.1, 0.15) is 90.7 Å². The van der Waals surface area contributed by atoms with Gasteiger partial charge in [-0.05, 0) is 12.8 Å². The van der Waals surface area contributed by atoms with E-state index < -0.39 is 128 Å². The maximum absolute atomic E-state index is 13.0. The predicted molar refractivity (Wildman–Crippen MR) is 189 cm³/mol. The Bertz CT molecular complexity index is 1480. The summed E-state index contributed by atoms with van der Waals surface area (Å²) in [6.45, 7) is 3.25. The average molecular weight is 791 g/mol. The highest BCUT2D eigenvalue weighted by Crippen LogP contribution is 2.34. The molecule has 314 valence electrons. The summed E-state index contributed by atoms with van der Waals surface area (Å²) < 4.78 is 24.3. The Hall–Kier alpha value is -2.86. The molecule has 3 fully saturated rings. The Kier molecular flexibility index (Phi) is 17.2. The molecule has 2 amide bonds. The molecule has 3 saturated heterocycles. The van der Waals surface area contributed by atoms with Crippen LogP contribution in [0.2, 0.25) is 0 Å². The fraction of sp³-hybridized carbons (Fsp3) is 0.829. The smallest absolute Gasteiger partial charge is 0.330 e. The van der Waals surface area contributed by atoms with E-state index in [0.717, 1.165) is 55.4 Å². The molecule has 15 atom stereocenters. The van der Waals surface area contributed by atoms with Crippen molar-refractivity contribution in [2.75, 3.05) is 6.61 Å². The van der Waals surface area contributed by atoms with Gasteiger partial charge in [-0.15, -0.1) is 0 Å². The fourth-order valence-electron chi connectivity index (χ4n) is 7.05. The minimum absolute atomic E-state index is 0.0566. The Balaban J connectivity index is 1.56. The Morgan fingerprint density at radius 3 is 1.80 bits per heavy atom. The zero-order chi connectivity index (χ0) is 40.4. The summed E-state index contributed by atoms with van der Waals surface area (Å²) >= 11 is 0. The molecule has 0 spiro atoms. The van der Waals surface area contributed by atoms with Gasteiger partial charge in [-0.2, -0.15) is 0 Å². The molecule has 4 heterocycles. The second-order valence-corrected chi connectivity index (χ2v) is 14.5. The van der Waals surface area contributed by atoms with Crippen LogP contribution in [0.5, 0.6) is 0 Å². The number of nitrogens with zero attached hydrogens (tertiary/aromatic N) is 1. The maximum atomic E-state index is 13.0. The lowest BCUT2D eigenvalue weighted by atomic mass is 9.91. The molecule has 20 heteroatoms. The topological polar surface area (TPSA) is 312 Å². The van der Waals surface area contributed by atoms with E-state index in [0.29, 0.717) is 12.8 Å². The van der Waals surface area contributed by atoms with Gasteiger partial charge in [0.15, 0.2) is 18.8 Å². The van der Waals surface area contributed by atoms with Crippen LogP contribution in [-0.2, 0) is 28.5 Å². The third-order valence-corrected chi connectivity index (χ3v) is 10.3. The van der Waals surface area contributed by atoms with Crippen LogP contribution < -0.4 is 21.9 Å². The van der Waals surface area contributed by atoms with E-state index in [1.807, 2.05) is 18.8 Å². The van der Waals surface area contributed by atoms with Gasteiger partial charge in [0.25, 0.3) is 5.56 Å². The lowest BCUT2D eigenvalue weighted by molar-refractivity contribution is -0.347. The second-order valence-electron chi connectivity index (χ2n) is 14.5. The molecule has 0 aliphatic carbocycles. The highest BCUT2D eigenvalue weighted by Gasteiger charge is 2.53. The minimum atomic E-state index is -1.82. The van der Waals surface area contributed by atoms with Crippen molar-refractivity contribution >= 4 is 11.8 Å². The Morgan fingerprint density at radius 1 is 0.764 bits per heavy atom. The lowest BCUT2D eigenvalue weighted by Crippen LogP contribution is -2.69. The first-order valence-corrected chi connectivity index (χ1v) is 19.1. The van der Waals surface area contributed by atoms with E-state index in [1.54, 1.807) is 0 Å². The van der Waals surface area contributed by atoms with Gasteiger partial charge < -0.3 is 70.4 Å². The summed E-state index contributed by atoms with van der Waals surface area (Å²) in [6, 6.07) is -1.93. The van der Waals surface area contributed by atoms with Crippen LogP contribution in [0, 0.1) is 0 Å². The standard InChI is InChI=1S/C35H58N4O16/c1-3-5-7-9-11-20(42)36-23-27(47)25(45)18(15-17(41)31-29(49)30(50)32(54-31)39-14-13-22(44)38-35(39)51)52-33(23)55-34-24(28(48)26(46)19(16-40)53-34)37-21(43)12-10-8-6-4-2/h13-14,17-19,23-34,40-41,45-50H,3-12,15-16H2,1-2H3,(H,36,42)(H,37,43)(H,38,44,51)/t17-,18?,19?,23?,24?,25?,26?,27?,28?,29+,30-,31-,32-,33?,34?/m1/s1. The SMILES string of the molecule is CCCCCCC(=O)NC1C(OC2OC(C[C@@H](O)[C@H]3O[C@@H](n4ccc(=O)[nH]c4=O)[C@H](O)[C@@H]3O)C(O)C(O)C2NC(=O)CCCCCC)OC(CO)C(O)C1O. The molecule has 0 saturated carbocycles.